The van der Waals surface area contributed by atoms with Crippen molar-refractivity contribution in [1.82, 2.24) is 14.0 Å². The van der Waals surface area contributed by atoms with Crippen LogP contribution < -0.4 is 5.69 Å². The van der Waals surface area contributed by atoms with Crippen molar-refractivity contribution in [1.29, 1.82) is 0 Å². The lowest BCUT2D eigenvalue weighted by Gasteiger charge is -2.28. The van der Waals surface area contributed by atoms with Crippen LogP contribution in [-0.2, 0) is 16.6 Å². The van der Waals surface area contributed by atoms with E-state index in [9.17, 15) is 14.4 Å². The molecule has 2 aromatic rings. The van der Waals surface area contributed by atoms with Gasteiger partial charge in [-0.2, -0.15) is 0 Å². The molecule has 0 aliphatic carbocycles. The van der Waals surface area contributed by atoms with Crippen molar-refractivity contribution in [2.24, 2.45) is 7.05 Å². The van der Waals surface area contributed by atoms with Gasteiger partial charge in [0.2, 0.25) is 5.91 Å². The van der Waals surface area contributed by atoms with Crippen molar-refractivity contribution in [3.05, 3.63) is 34.7 Å². The molecule has 104 valence electrons. The number of imide groups is 1. The number of nitrogens with zero attached hydrogens (tertiary/aromatic N) is 3. The molecule has 2 amide bonds. The summed E-state index contributed by atoms with van der Waals surface area (Å²) in [5, 5.41) is 0. The summed E-state index contributed by atoms with van der Waals surface area (Å²) in [6.07, 6.45) is 0.651. The fourth-order valence-electron chi connectivity index (χ4n) is 2.76. The predicted octanol–water partition coefficient (Wildman–Crippen LogP) is 0.660. The number of carbonyl (C=O) groups is 2. The van der Waals surface area contributed by atoms with Crippen molar-refractivity contribution in [3.8, 4) is 0 Å². The Labute approximate surface area is 115 Å². The van der Waals surface area contributed by atoms with E-state index in [0.29, 0.717) is 6.42 Å². The molecule has 0 spiro atoms. The van der Waals surface area contributed by atoms with Crippen LogP contribution >= 0.6 is 0 Å². The number of aryl methyl sites for hydroxylation is 1. The van der Waals surface area contributed by atoms with Gasteiger partial charge in [-0.1, -0.05) is 12.1 Å². The van der Waals surface area contributed by atoms with Crippen LogP contribution in [0.1, 0.15) is 18.9 Å². The molecule has 1 aromatic heterocycles. The van der Waals surface area contributed by atoms with Crippen LogP contribution in [0.2, 0.25) is 0 Å². The minimum absolute atomic E-state index is 0.195. The number of para-hydroxylation sites is 2. The molecule has 3 rings (SSSR count). The van der Waals surface area contributed by atoms with E-state index in [0.717, 1.165) is 15.9 Å². The Kier molecular flexibility index (Phi) is 2.74. The van der Waals surface area contributed by atoms with Gasteiger partial charge in [0.05, 0.1) is 11.0 Å². The molecule has 6 heteroatoms. The van der Waals surface area contributed by atoms with Crippen LogP contribution in [-0.4, -0.2) is 32.9 Å². The number of likely N-dealkylation sites (N-methyl/N-ethyl adjacent to an activating group) is 1. The van der Waals surface area contributed by atoms with Gasteiger partial charge in [-0.15, -0.1) is 0 Å². The first-order valence-electron chi connectivity index (χ1n) is 6.48. The first-order valence-corrected chi connectivity index (χ1v) is 6.48. The molecular weight excluding hydrogens is 258 g/mol. The van der Waals surface area contributed by atoms with Gasteiger partial charge in [0.25, 0.3) is 5.91 Å². The first-order chi connectivity index (χ1) is 9.52. The fourth-order valence-corrected chi connectivity index (χ4v) is 2.76. The van der Waals surface area contributed by atoms with Crippen molar-refractivity contribution >= 4 is 22.8 Å². The molecule has 1 unspecified atom stereocenters. The Morgan fingerprint density at radius 2 is 1.70 bits per heavy atom. The van der Waals surface area contributed by atoms with Gasteiger partial charge in [-0.25, -0.2) is 4.79 Å². The number of likely N-dealkylation sites (tertiary alicyclic amines) is 1. The van der Waals surface area contributed by atoms with Gasteiger partial charge in [0, 0.05) is 20.5 Å². The number of piperidine rings is 1. The van der Waals surface area contributed by atoms with Crippen molar-refractivity contribution < 1.29 is 9.59 Å². The molecule has 1 saturated heterocycles. The van der Waals surface area contributed by atoms with Gasteiger partial charge < -0.3 is 0 Å². The van der Waals surface area contributed by atoms with E-state index < -0.39 is 6.04 Å². The van der Waals surface area contributed by atoms with E-state index in [1.54, 1.807) is 7.05 Å². The van der Waals surface area contributed by atoms with Crippen LogP contribution in [0.4, 0.5) is 0 Å². The summed E-state index contributed by atoms with van der Waals surface area (Å²) in [6.45, 7) is 0. The number of benzene rings is 1. The highest BCUT2D eigenvalue weighted by Gasteiger charge is 2.35. The third kappa shape index (κ3) is 1.61. The molecule has 1 fully saturated rings. The van der Waals surface area contributed by atoms with Gasteiger partial charge in [0.1, 0.15) is 6.04 Å². The minimum Gasteiger partial charge on any atom is -0.295 e. The Balaban J connectivity index is 2.20. The molecule has 20 heavy (non-hydrogen) atoms. The molecule has 0 bridgehead atoms. The topological polar surface area (TPSA) is 64.3 Å². The Morgan fingerprint density at radius 1 is 1.05 bits per heavy atom. The van der Waals surface area contributed by atoms with Crippen LogP contribution in [0.15, 0.2) is 29.1 Å². The number of amides is 2. The molecular formula is C14H15N3O3. The Morgan fingerprint density at radius 3 is 2.40 bits per heavy atom. The number of fused-ring (bicyclic) bond motifs is 1. The zero-order chi connectivity index (χ0) is 14.4. The summed E-state index contributed by atoms with van der Waals surface area (Å²) >= 11 is 0. The molecule has 1 aromatic carbocycles. The Bertz CT molecular complexity index is 772. The summed E-state index contributed by atoms with van der Waals surface area (Å²) in [7, 11) is 3.15. The lowest BCUT2D eigenvalue weighted by molar-refractivity contribution is -0.149. The number of rotatable bonds is 1. The normalized spacial score (nSPS) is 19.9. The number of carbonyl (C=O) groups excluding carboxylic acids is 2. The highest BCUT2D eigenvalue weighted by molar-refractivity contribution is 5.99. The van der Waals surface area contributed by atoms with Crippen molar-refractivity contribution in [3.63, 3.8) is 0 Å². The molecule has 1 aliphatic heterocycles. The van der Waals surface area contributed by atoms with E-state index in [2.05, 4.69) is 0 Å². The maximum absolute atomic E-state index is 12.4. The predicted molar refractivity (Wildman–Crippen MR) is 73.2 cm³/mol. The van der Waals surface area contributed by atoms with E-state index in [1.807, 2.05) is 24.3 Å². The quantitative estimate of drug-likeness (QED) is 0.717. The molecule has 0 radical (unpaired) electrons. The molecule has 0 saturated carbocycles. The average Bonchev–Trinajstić information content (AvgIpc) is 2.70. The molecule has 1 aliphatic rings. The second-order valence-electron chi connectivity index (χ2n) is 5.05. The van der Waals surface area contributed by atoms with Gasteiger partial charge in [-0.3, -0.25) is 23.6 Å². The highest BCUT2D eigenvalue weighted by Crippen LogP contribution is 2.25. The van der Waals surface area contributed by atoms with Crippen LogP contribution in [0.25, 0.3) is 11.0 Å². The van der Waals surface area contributed by atoms with Gasteiger partial charge >= 0.3 is 5.69 Å². The molecule has 6 nitrogen and oxygen atoms in total. The smallest absolute Gasteiger partial charge is 0.295 e. The second kappa shape index (κ2) is 4.33. The van der Waals surface area contributed by atoms with E-state index >= 15 is 0 Å². The summed E-state index contributed by atoms with van der Waals surface area (Å²) < 4.78 is 3.03. The molecule has 1 atom stereocenters. The highest BCUT2D eigenvalue weighted by atomic mass is 16.2. The van der Waals surface area contributed by atoms with Gasteiger partial charge in [-0.05, 0) is 18.6 Å². The third-order valence-corrected chi connectivity index (χ3v) is 3.93. The standard InChI is InChI=1S/C14H15N3O3/c1-15-9-5-3-4-6-10(9)17(14(15)20)11-7-8-12(18)16(2)13(11)19/h3-6,11H,7-8H2,1-2H3. The van der Waals surface area contributed by atoms with Crippen LogP contribution in [0.5, 0.6) is 0 Å². The molecule has 2 heterocycles. The summed E-state index contributed by atoms with van der Waals surface area (Å²) in [5.74, 6) is -0.515. The largest absolute Gasteiger partial charge is 0.329 e. The van der Waals surface area contributed by atoms with E-state index in [1.165, 1.54) is 16.2 Å². The summed E-state index contributed by atoms with van der Waals surface area (Å²) in [4.78, 5) is 37.3. The zero-order valence-corrected chi connectivity index (χ0v) is 11.4. The van der Waals surface area contributed by atoms with Crippen LogP contribution in [0, 0.1) is 0 Å². The van der Waals surface area contributed by atoms with Gasteiger partial charge in [0.15, 0.2) is 0 Å². The SMILES string of the molecule is CN1C(=O)CCC(n2c(=O)n(C)c3ccccc32)C1=O. The average molecular weight is 273 g/mol. The zero-order valence-electron chi connectivity index (χ0n) is 11.4. The number of hydrogen-bond acceptors (Lipinski definition) is 3. The molecule has 0 N–H and O–H groups in total. The number of aromatic nitrogens is 2. The van der Waals surface area contributed by atoms with Crippen LogP contribution in [0.3, 0.4) is 0 Å². The maximum Gasteiger partial charge on any atom is 0.329 e. The third-order valence-electron chi connectivity index (χ3n) is 3.93. The summed E-state index contributed by atoms with van der Waals surface area (Å²) in [6, 6.07) is 6.75. The lowest BCUT2D eigenvalue weighted by atomic mass is 10.0. The maximum atomic E-state index is 12.4. The second-order valence-corrected chi connectivity index (χ2v) is 5.05. The number of hydrogen-bond donors (Lipinski definition) is 0. The number of imidazole rings is 1. The monoisotopic (exact) mass is 273 g/mol. The Hall–Kier alpha value is -2.37. The van der Waals surface area contributed by atoms with Crippen molar-refractivity contribution in [2.75, 3.05) is 7.05 Å². The fraction of sp³-hybridized carbons (Fsp3) is 0.357. The minimum atomic E-state index is -0.601. The summed E-state index contributed by atoms with van der Waals surface area (Å²) in [5.41, 5.74) is 1.28. The lowest BCUT2D eigenvalue weighted by Crippen LogP contribution is -2.45. The van der Waals surface area contributed by atoms with Crippen molar-refractivity contribution in [2.45, 2.75) is 18.9 Å². The van der Waals surface area contributed by atoms with E-state index in [-0.39, 0.29) is 23.9 Å². The first kappa shape index (κ1) is 12.7. The van der Waals surface area contributed by atoms with E-state index in [4.69, 9.17) is 0 Å².